The average molecular weight is 569 g/mol. The van der Waals surface area contributed by atoms with E-state index >= 15 is 0 Å². The van der Waals surface area contributed by atoms with Crippen LogP contribution in [-0.4, -0.2) is 35.2 Å². The Morgan fingerprint density at radius 2 is 1.82 bits per heavy atom. The van der Waals surface area contributed by atoms with Crippen molar-refractivity contribution >= 4 is 64.1 Å². The number of para-hydroxylation sites is 2. The number of rotatable bonds is 7. The van der Waals surface area contributed by atoms with Crippen LogP contribution in [-0.2, 0) is 9.59 Å². The number of amides is 2. The molecule has 2 amide bonds. The van der Waals surface area contributed by atoms with Crippen LogP contribution < -0.4 is 20.7 Å². The van der Waals surface area contributed by atoms with Crippen LogP contribution in [0.5, 0.6) is 5.75 Å². The summed E-state index contributed by atoms with van der Waals surface area (Å²) in [7, 11) is 1.53. The molecule has 5 rings (SSSR count). The molecule has 3 aromatic rings. The van der Waals surface area contributed by atoms with E-state index in [9.17, 15) is 14.4 Å². The minimum atomic E-state index is -0.592. The van der Waals surface area contributed by atoms with Crippen LogP contribution in [0.1, 0.15) is 23.3 Å². The fraction of sp³-hybridized carbons (Fsp3) is 0.148. The molecule has 1 atom stereocenters. The van der Waals surface area contributed by atoms with Crippen LogP contribution in [0.3, 0.4) is 0 Å². The van der Waals surface area contributed by atoms with E-state index in [0.717, 1.165) is 0 Å². The highest BCUT2D eigenvalue weighted by molar-refractivity contribution is 8.03. The highest BCUT2D eigenvalue weighted by atomic mass is 35.5. The first-order chi connectivity index (χ1) is 18.3. The Labute approximate surface area is 233 Å². The second-order valence-corrected chi connectivity index (χ2v) is 10.5. The van der Waals surface area contributed by atoms with E-state index < -0.39 is 5.92 Å². The molecule has 3 heterocycles. The SMILES string of the molecule is COc1ccccc1NC(=O)C1=C(C)NC(SCC(=O)Nc2cc(Cl)cc(Cl)c2)=C2C(=O)n3cccc3C12. The van der Waals surface area contributed by atoms with Gasteiger partial charge in [-0.3, -0.25) is 19.0 Å². The van der Waals surface area contributed by atoms with Gasteiger partial charge < -0.3 is 20.7 Å². The number of allylic oxidation sites excluding steroid dienone is 2. The lowest BCUT2D eigenvalue weighted by molar-refractivity contribution is -0.114. The third kappa shape index (κ3) is 4.92. The molecule has 2 aliphatic heterocycles. The Bertz CT molecular complexity index is 1530. The van der Waals surface area contributed by atoms with Gasteiger partial charge in [-0.05, 0) is 49.4 Å². The molecule has 0 spiro atoms. The normalized spacial score (nSPS) is 16.1. The number of carbonyl (C=O) groups is 3. The maximum atomic E-state index is 13.6. The molecule has 11 heteroatoms. The molecular formula is C27H22Cl2N4O4S. The summed E-state index contributed by atoms with van der Waals surface area (Å²) in [5.74, 6) is -0.961. The molecular weight excluding hydrogens is 547 g/mol. The van der Waals surface area contributed by atoms with Crippen LogP contribution in [0.25, 0.3) is 0 Å². The summed E-state index contributed by atoms with van der Waals surface area (Å²) in [5.41, 5.74) is 3.09. The number of thioether (sulfide) groups is 1. The van der Waals surface area contributed by atoms with Crippen molar-refractivity contribution in [1.29, 1.82) is 0 Å². The van der Waals surface area contributed by atoms with Crippen LogP contribution in [0.15, 0.2) is 82.7 Å². The van der Waals surface area contributed by atoms with Gasteiger partial charge in [-0.1, -0.05) is 47.1 Å². The molecule has 2 aliphatic rings. The van der Waals surface area contributed by atoms with Crippen molar-refractivity contribution in [3.05, 3.63) is 98.4 Å². The van der Waals surface area contributed by atoms with Crippen molar-refractivity contribution < 1.29 is 19.1 Å². The zero-order chi connectivity index (χ0) is 27.0. The summed E-state index contributed by atoms with van der Waals surface area (Å²) in [5, 5.41) is 10.2. The van der Waals surface area contributed by atoms with Crippen molar-refractivity contribution in [2.75, 3.05) is 23.5 Å². The van der Waals surface area contributed by atoms with Gasteiger partial charge in [-0.2, -0.15) is 0 Å². The summed E-state index contributed by atoms with van der Waals surface area (Å²) in [6, 6.07) is 15.5. The third-order valence-electron chi connectivity index (χ3n) is 6.15. The number of hydrogen-bond donors (Lipinski definition) is 3. The first kappa shape index (κ1) is 26.0. The predicted octanol–water partition coefficient (Wildman–Crippen LogP) is 5.64. The molecule has 1 aromatic heterocycles. The molecule has 1 unspecified atom stereocenters. The minimum Gasteiger partial charge on any atom is -0.495 e. The van der Waals surface area contributed by atoms with Crippen molar-refractivity contribution in [2.24, 2.45) is 0 Å². The maximum Gasteiger partial charge on any atom is 0.261 e. The van der Waals surface area contributed by atoms with Gasteiger partial charge in [-0.25, -0.2) is 0 Å². The van der Waals surface area contributed by atoms with Gasteiger partial charge in [0.25, 0.3) is 11.8 Å². The summed E-state index contributed by atoms with van der Waals surface area (Å²) in [6.07, 6.45) is 1.67. The van der Waals surface area contributed by atoms with Gasteiger partial charge in [0.2, 0.25) is 5.91 Å². The van der Waals surface area contributed by atoms with Crippen molar-refractivity contribution in [2.45, 2.75) is 12.8 Å². The van der Waals surface area contributed by atoms with Crippen LogP contribution in [0, 0.1) is 0 Å². The number of halogens is 2. The van der Waals surface area contributed by atoms with E-state index in [4.69, 9.17) is 27.9 Å². The molecule has 0 aliphatic carbocycles. The van der Waals surface area contributed by atoms with Crippen LogP contribution in [0.2, 0.25) is 10.0 Å². The summed E-state index contributed by atoms with van der Waals surface area (Å²) < 4.78 is 6.90. The number of nitrogens with one attached hydrogen (secondary N) is 3. The Morgan fingerprint density at radius 1 is 1.08 bits per heavy atom. The lowest BCUT2D eigenvalue weighted by atomic mass is 9.86. The molecule has 0 fully saturated rings. The monoisotopic (exact) mass is 568 g/mol. The number of nitrogens with zero attached hydrogens (tertiary/aromatic N) is 1. The smallest absolute Gasteiger partial charge is 0.261 e. The molecule has 0 saturated carbocycles. The molecule has 2 aromatic carbocycles. The number of carbonyl (C=O) groups excluding carboxylic acids is 3. The minimum absolute atomic E-state index is 0.0148. The van der Waals surface area contributed by atoms with Crippen molar-refractivity contribution in [3.8, 4) is 5.75 Å². The van der Waals surface area contributed by atoms with Gasteiger partial charge in [0.1, 0.15) is 5.75 Å². The lowest BCUT2D eigenvalue weighted by Crippen LogP contribution is -2.31. The molecule has 38 heavy (non-hydrogen) atoms. The van der Waals surface area contributed by atoms with Gasteiger partial charge in [0, 0.05) is 38.9 Å². The Morgan fingerprint density at radius 3 is 2.55 bits per heavy atom. The topological polar surface area (TPSA) is 101 Å². The third-order valence-corrected chi connectivity index (χ3v) is 7.60. The molecule has 0 bridgehead atoms. The van der Waals surface area contributed by atoms with E-state index in [-0.39, 0.29) is 23.5 Å². The van der Waals surface area contributed by atoms with Gasteiger partial charge in [-0.15, -0.1) is 0 Å². The van der Waals surface area contributed by atoms with E-state index in [2.05, 4.69) is 16.0 Å². The number of hydrogen-bond acceptors (Lipinski definition) is 6. The van der Waals surface area contributed by atoms with E-state index in [1.807, 2.05) is 12.1 Å². The molecule has 3 N–H and O–H groups in total. The standard InChI is InChI=1S/C27H22Cl2N4O4S/c1-14-22(25(35)32-18-6-3-4-8-20(18)37-2)23-19-7-5-9-33(19)27(36)24(23)26(30-14)38-13-21(34)31-17-11-15(28)10-16(29)12-17/h3-12,23,30H,13H2,1-2H3,(H,31,34)(H,32,35). The van der Waals surface area contributed by atoms with E-state index in [1.54, 1.807) is 55.6 Å². The summed E-state index contributed by atoms with van der Waals surface area (Å²) in [6.45, 7) is 1.78. The Balaban J connectivity index is 1.41. The number of benzene rings is 2. The van der Waals surface area contributed by atoms with Crippen LogP contribution >= 0.6 is 35.0 Å². The Hall–Kier alpha value is -3.66. The van der Waals surface area contributed by atoms with Crippen LogP contribution in [0.4, 0.5) is 11.4 Å². The van der Waals surface area contributed by atoms with Gasteiger partial charge in [0.15, 0.2) is 0 Å². The molecule has 194 valence electrons. The molecule has 0 radical (unpaired) electrons. The van der Waals surface area contributed by atoms with Crippen molar-refractivity contribution in [1.82, 2.24) is 9.88 Å². The highest BCUT2D eigenvalue weighted by Crippen LogP contribution is 2.46. The van der Waals surface area contributed by atoms with Gasteiger partial charge >= 0.3 is 0 Å². The van der Waals surface area contributed by atoms with Gasteiger partial charge in [0.05, 0.1) is 35.1 Å². The number of ether oxygens (including phenoxy) is 1. The highest BCUT2D eigenvalue weighted by Gasteiger charge is 2.44. The number of aromatic nitrogens is 1. The van der Waals surface area contributed by atoms with Crippen molar-refractivity contribution in [3.63, 3.8) is 0 Å². The lowest BCUT2D eigenvalue weighted by Gasteiger charge is -2.27. The second-order valence-electron chi connectivity index (χ2n) is 8.60. The summed E-state index contributed by atoms with van der Waals surface area (Å²) in [4.78, 5) is 39.6. The van der Waals surface area contributed by atoms with E-state index in [1.165, 1.54) is 23.4 Å². The fourth-order valence-electron chi connectivity index (χ4n) is 4.57. The number of fused-ring (bicyclic) bond motifs is 3. The summed E-state index contributed by atoms with van der Waals surface area (Å²) >= 11 is 13.2. The second kappa shape index (κ2) is 10.6. The number of anilines is 2. The average Bonchev–Trinajstić information content (AvgIpc) is 3.45. The first-order valence-corrected chi connectivity index (χ1v) is 13.3. The van der Waals surface area contributed by atoms with E-state index in [0.29, 0.717) is 54.7 Å². The fourth-order valence-corrected chi connectivity index (χ4v) is 6.03. The zero-order valence-corrected chi connectivity index (χ0v) is 22.6. The first-order valence-electron chi connectivity index (χ1n) is 11.5. The largest absolute Gasteiger partial charge is 0.495 e. The predicted molar refractivity (Wildman–Crippen MR) is 150 cm³/mol. The maximum absolute atomic E-state index is 13.6. The molecule has 0 saturated heterocycles. The number of methoxy groups -OCH3 is 1. The quantitative estimate of drug-likeness (QED) is 0.341. The Kier molecular flexibility index (Phi) is 7.25. The molecule has 8 nitrogen and oxygen atoms in total. The zero-order valence-electron chi connectivity index (χ0n) is 20.3. The number of dihydropyridines is 1.